The van der Waals surface area contributed by atoms with Crippen molar-refractivity contribution in [2.45, 2.75) is 20.3 Å². The summed E-state index contributed by atoms with van der Waals surface area (Å²) < 4.78 is 5.82. The molecule has 0 aliphatic carbocycles. The van der Waals surface area contributed by atoms with Gasteiger partial charge in [0.25, 0.3) is 0 Å². The summed E-state index contributed by atoms with van der Waals surface area (Å²) in [5, 5.41) is 9.29. The Morgan fingerprint density at radius 3 is 2.25 bits per heavy atom. The summed E-state index contributed by atoms with van der Waals surface area (Å²) in [6, 6.07) is 15.4. The Morgan fingerprint density at radius 1 is 0.917 bits per heavy atom. The van der Waals surface area contributed by atoms with Crippen LogP contribution < -0.4 is 4.74 Å². The molecule has 1 heterocycles. The van der Waals surface area contributed by atoms with Gasteiger partial charge in [0, 0.05) is 16.1 Å². The normalized spacial score (nSPS) is 10.6. The predicted octanol–water partition coefficient (Wildman–Crippen LogP) is 4.96. The Hall–Kier alpha value is -2.46. The second kappa shape index (κ2) is 7.41. The maximum absolute atomic E-state index is 5.94. The number of aromatic nitrogens is 3. The lowest BCUT2D eigenvalue weighted by Gasteiger charge is -2.10. The van der Waals surface area contributed by atoms with Crippen LogP contribution in [0.1, 0.15) is 18.9 Å². The molecule has 24 heavy (non-hydrogen) atoms. The SMILES string of the molecule is CCCOc1nc(-c2ccc(Cl)cc2)nnc1-c1ccc(C)cc1. The topological polar surface area (TPSA) is 47.9 Å². The summed E-state index contributed by atoms with van der Waals surface area (Å²) in [5.74, 6) is 1.02. The number of rotatable bonds is 5. The number of ether oxygens (including phenoxy) is 1. The van der Waals surface area contributed by atoms with E-state index in [1.54, 1.807) is 12.1 Å². The van der Waals surface area contributed by atoms with Gasteiger partial charge in [-0.3, -0.25) is 0 Å². The van der Waals surface area contributed by atoms with Crippen LogP contribution in [-0.2, 0) is 0 Å². The molecule has 1 aromatic heterocycles. The van der Waals surface area contributed by atoms with Gasteiger partial charge >= 0.3 is 0 Å². The van der Waals surface area contributed by atoms with E-state index in [0.29, 0.717) is 29.0 Å². The van der Waals surface area contributed by atoms with Crippen molar-refractivity contribution in [3.8, 4) is 28.5 Å². The summed E-state index contributed by atoms with van der Waals surface area (Å²) in [6.45, 7) is 4.68. The molecule has 0 N–H and O–H groups in total. The minimum absolute atomic E-state index is 0.501. The predicted molar refractivity (Wildman–Crippen MR) is 96.2 cm³/mol. The van der Waals surface area contributed by atoms with Gasteiger partial charge in [0.05, 0.1) is 6.61 Å². The number of nitrogens with zero attached hydrogens (tertiary/aromatic N) is 3. The van der Waals surface area contributed by atoms with Crippen LogP contribution in [0.15, 0.2) is 48.5 Å². The quantitative estimate of drug-likeness (QED) is 0.659. The van der Waals surface area contributed by atoms with Crippen molar-refractivity contribution < 1.29 is 4.74 Å². The lowest BCUT2D eigenvalue weighted by molar-refractivity contribution is 0.305. The fourth-order valence-corrected chi connectivity index (χ4v) is 2.35. The smallest absolute Gasteiger partial charge is 0.244 e. The van der Waals surface area contributed by atoms with Gasteiger partial charge in [-0.25, -0.2) is 0 Å². The lowest BCUT2D eigenvalue weighted by Crippen LogP contribution is -2.04. The largest absolute Gasteiger partial charge is 0.476 e. The molecule has 0 radical (unpaired) electrons. The van der Waals surface area contributed by atoms with Crippen molar-refractivity contribution in [1.29, 1.82) is 0 Å². The second-order valence-corrected chi connectivity index (χ2v) is 5.95. The zero-order valence-electron chi connectivity index (χ0n) is 13.7. The fourth-order valence-electron chi connectivity index (χ4n) is 2.22. The van der Waals surface area contributed by atoms with Gasteiger partial charge < -0.3 is 4.74 Å². The highest BCUT2D eigenvalue weighted by Gasteiger charge is 2.14. The molecule has 0 saturated carbocycles. The molecule has 4 nitrogen and oxygen atoms in total. The van der Waals surface area contributed by atoms with Crippen molar-refractivity contribution in [2.75, 3.05) is 6.61 Å². The minimum Gasteiger partial charge on any atom is -0.476 e. The number of hydrogen-bond acceptors (Lipinski definition) is 4. The van der Waals surface area contributed by atoms with Gasteiger partial charge in [0.1, 0.15) is 0 Å². The number of aryl methyl sites for hydroxylation is 1. The molecule has 0 saturated heterocycles. The molecule has 0 amide bonds. The van der Waals surface area contributed by atoms with E-state index in [1.807, 2.05) is 43.3 Å². The highest BCUT2D eigenvalue weighted by molar-refractivity contribution is 6.30. The Morgan fingerprint density at radius 2 is 1.58 bits per heavy atom. The van der Waals surface area contributed by atoms with Crippen molar-refractivity contribution >= 4 is 11.6 Å². The summed E-state index contributed by atoms with van der Waals surface area (Å²) in [4.78, 5) is 4.57. The zero-order valence-corrected chi connectivity index (χ0v) is 14.4. The molecule has 0 fully saturated rings. The van der Waals surface area contributed by atoms with Gasteiger partial charge in [-0.1, -0.05) is 48.4 Å². The van der Waals surface area contributed by atoms with E-state index in [1.165, 1.54) is 5.56 Å². The van der Waals surface area contributed by atoms with Crippen LogP contribution in [0.3, 0.4) is 0 Å². The van der Waals surface area contributed by atoms with Gasteiger partial charge in [-0.2, -0.15) is 4.98 Å². The van der Waals surface area contributed by atoms with Gasteiger partial charge in [0.2, 0.25) is 5.88 Å². The van der Waals surface area contributed by atoms with Crippen molar-refractivity contribution in [3.63, 3.8) is 0 Å². The van der Waals surface area contributed by atoms with E-state index < -0.39 is 0 Å². The molecule has 3 aromatic rings. The molecule has 0 unspecified atom stereocenters. The second-order valence-electron chi connectivity index (χ2n) is 5.51. The van der Waals surface area contributed by atoms with Gasteiger partial charge in [0.15, 0.2) is 11.5 Å². The number of halogens is 1. The van der Waals surface area contributed by atoms with Crippen LogP contribution >= 0.6 is 11.6 Å². The van der Waals surface area contributed by atoms with Gasteiger partial charge in [-0.05, 0) is 37.6 Å². The third kappa shape index (κ3) is 3.71. The third-order valence-electron chi connectivity index (χ3n) is 3.53. The summed E-state index contributed by atoms with van der Waals surface area (Å²) in [7, 11) is 0. The molecule has 0 atom stereocenters. The van der Waals surface area contributed by atoms with E-state index in [2.05, 4.69) is 22.1 Å². The molecular formula is C19H18ClN3O. The number of benzene rings is 2. The zero-order chi connectivity index (χ0) is 16.9. The van der Waals surface area contributed by atoms with E-state index in [9.17, 15) is 0 Å². The monoisotopic (exact) mass is 339 g/mol. The molecule has 3 rings (SSSR count). The minimum atomic E-state index is 0.501. The molecule has 0 aliphatic rings. The maximum Gasteiger partial charge on any atom is 0.244 e. The average Bonchev–Trinajstić information content (AvgIpc) is 2.61. The van der Waals surface area contributed by atoms with Crippen LogP contribution in [0.25, 0.3) is 22.6 Å². The number of hydrogen-bond donors (Lipinski definition) is 0. The Bertz CT molecular complexity index is 817. The first-order valence-electron chi connectivity index (χ1n) is 7.88. The molecule has 2 aromatic carbocycles. The Balaban J connectivity index is 2.02. The van der Waals surface area contributed by atoms with Crippen molar-refractivity contribution in [2.24, 2.45) is 0 Å². The van der Waals surface area contributed by atoms with Crippen LogP contribution in [0, 0.1) is 6.92 Å². The first-order valence-corrected chi connectivity index (χ1v) is 8.25. The summed E-state index contributed by atoms with van der Waals surface area (Å²) in [5.41, 5.74) is 3.63. The summed E-state index contributed by atoms with van der Waals surface area (Å²) in [6.07, 6.45) is 0.896. The van der Waals surface area contributed by atoms with Crippen LogP contribution in [0.4, 0.5) is 0 Å². The standard InChI is InChI=1S/C19H18ClN3O/c1-3-12-24-19-17(14-6-4-13(2)5-7-14)22-23-18(21-19)15-8-10-16(20)11-9-15/h4-11H,3,12H2,1-2H3. The molecule has 122 valence electrons. The maximum atomic E-state index is 5.94. The first-order chi connectivity index (χ1) is 11.7. The van der Waals surface area contributed by atoms with E-state index in [0.717, 1.165) is 17.5 Å². The van der Waals surface area contributed by atoms with Crippen molar-refractivity contribution in [1.82, 2.24) is 15.2 Å². The molecule has 0 bridgehead atoms. The molecule has 0 spiro atoms. The van der Waals surface area contributed by atoms with Crippen molar-refractivity contribution in [3.05, 3.63) is 59.1 Å². The van der Waals surface area contributed by atoms with Crippen LogP contribution in [-0.4, -0.2) is 21.8 Å². The fraction of sp³-hybridized carbons (Fsp3) is 0.211. The highest BCUT2D eigenvalue weighted by atomic mass is 35.5. The van der Waals surface area contributed by atoms with Gasteiger partial charge in [-0.15, -0.1) is 10.2 Å². The molecular weight excluding hydrogens is 322 g/mol. The molecule has 5 heteroatoms. The lowest BCUT2D eigenvalue weighted by atomic mass is 10.1. The Labute approximate surface area is 146 Å². The third-order valence-corrected chi connectivity index (χ3v) is 3.78. The van der Waals surface area contributed by atoms with Crippen LogP contribution in [0.2, 0.25) is 5.02 Å². The Kier molecular flexibility index (Phi) is 5.06. The summed E-state index contributed by atoms with van der Waals surface area (Å²) >= 11 is 5.94. The highest BCUT2D eigenvalue weighted by Crippen LogP contribution is 2.28. The molecule has 0 aliphatic heterocycles. The van der Waals surface area contributed by atoms with E-state index in [-0.39, 0.29) is 0 Å². The van der Waals surface area contributed by atoms with Crippen LogP contribution in [0.5, 0.6) is 5.88 Å². The first kappa shape index (κ1) is 16.4. The average molecular weight is 340 g/mol. The van der Waals surface area contributed by atoms with E-state index >= 15 is 0 Å². The van der Waals surface area contributed by atoms with E-state index in [4.69, 9.17) is 16.3 Å².